The van der Waals surface area contributed by atoms with Crippen molar-refractivity contribution in [3.63, 3.8) is 0 Å². The van der Waals surface area contributed by atoms with Crippen molar-refractivity contribution < 1.29 is 9.47 Å². The van der Waals surface area contributed by atoms with E-state index in [0.29, 0.717) is 12.6 Å². The zero-order valence-corrected chi connectivity index (χ0v) is 11.8. The summed E-state index contributed by atoms with van der Waals surface area (Å²) >= 11 is 0. The number of hydrogen-bond donors (Lipinski definition) is 1. The van der Waals surface area contributed by atoms with E-state index in [-0.39, 0.29) is 6.10 Å². The molecule has 0 aromatic heterocycles. The molecule has 0 radical (unpaired) electrons. The lowest BCUT2D eigenvalue weighted by atomic mass is 10.0. The summed E-state index contributed by atoms with van der Waals surface area (Å²) in [6, 6.07) is 11.1. The molecule has 0 spiro atoms. The van der Waals surface area contributed by atoms with Gasteiger partial charge < -0.3 is 14.8 Å². The van der Waals surface area contributed by atoms with E-state index in [9.17, 15) is 0 Å². The summed E-state index contributed by atoms with van der Waals surface area (Å²) in [4.78, 5) is 0. The van der Waals surface area contributed by atoms with Crippen molar-refractivity contribution in [2.75, 3.05) is 26.4 Å². The number of rotatable bonds is 7. The van der Waals surface area contributed by atoms with Gasteiger partial charge in [-0.2, -0.15) is 0 Å². The van der Waals surface area contributed by atoms with Gasteiger partial charge in [-0.3, -0.25) is 0 Å². The molecule has 1 saturated heterocycles. The molecule has 106 valence electrons. The quantitative estimate of drug-likeness (QED) is 0.820. The molecular weight excluding hydrogens is 238 g/mol. The summed E-state index contributed by atoms with van der Waals surface area (Å²) in [6.07, 6.45) is 3.85. The van der Waals surface area contributed by atoms with Gasteiger partial charge in [-0.1, -0.05) is 50.1 Å². The van der Waals surface area contributed by atoms with Crippen LogP contribution in [-0.4, -0.2) is 32.5 Å². The van der Waals surface area contributed by atoms with E-state index < -0.39 is 0 Å². The fraction of sp³-hybridized carbons (Fsp3) is 0.625. The minimum absolute atomic E-state index is 0.196. The lowest BCUT2D eigenvalue weighted by molar-refractivity contribution is -0.0871. The Morgan fingerprint density at radius 3 is 2.79 bits per heavy atom. The molecule has 19 heavy (non-hydrogen) atoms. The summed E-state index contributed by atoms with van der Waals surface area (Å²) in [5.41, 5.74) is 1.37. The van der Waals surface area contributed by atoms with E-state index in [0.717, 1.165) is 19.8 Å². The second kappa shape index (κ2) is 8.31. The van der Waals surface area contributed by atoms with Crippen molar-refractivity contribution in [1.82, 2.24) is 5.32 Å². The fourth-order valence-electron chi connectivity index (χ4n) is 2.41. The highest BCUT2D eigenvalue weighted by atomic mass is 16.6. The standard InChI is InChI=1S/C16H25NO2/c1-2-3-9-16(14-7-5-4-6-8-14)17-12-15-13-18-10-11-19-15/h4-8,15-17H,2-3,9-13H2,1H3. The van der Waals surface area contributed by atoms with Crippen LogP contribution in [0.15, 0.2) is 30.3 Å². The Hall–Kier alpha value is -0.900. The minimum Gasteiger partial charge on any atom is -0.376 e. The first-order chi connectivity index (χ1) is 9.40. The smallest absolute Gasteiger partial charge is 0.0933 e. The highest BCUT2D eigenvalue weighted by molar-refractivity contribution is 5.18. The Morgan fingerprint density at radius 1 is 1.26 bits per heavy atom. The van der Waals surface area contributed by atoms with Gasteiger partial charge in [0.25, 0.3) is 0 Å². The van der Waals surface area contributed by atoms with Crippen LogP contribution in [0, 0.1) is 0 Å². The zero-order valence-electron chi connectivity index (χ0n) is 11.8. The highest BCUT2D eigenvalue weighted by Gasteiger charge is 2.17. The lowest BCUT2D eigenvalue weighted by Crippen LogP contribution is -2.38. The Balaban J connectivity index is 1.86. The lowest BCUT2D eigenvalue weighted by Gasteiger charge is -2.26. The van der Waals surface area contributed by atoms with E-state index in [2.05, 4.69) is 42.6 Å². The molecular formula is C16H25NO2. The molecule has 0 amide bonds. The van der Waals surface area contributed by atoms with Crippen LogP contribution in [0.5, 0.6) is 0 Å². The van der Waals surface area contributed by atoms with E-state index in [1.165, 1.54) is 24.8 Å². The van der Waals surface area contributed by atoms with Crippen molar-refractivity contribution >= 4 is 0 Å². The highest BCUT2D eigenvalue weighted by Crippen LogP contribution is 2.19. The number of ether oxygens (including phenoxy) is 2. The first kappa shape index (κ1) is 14.5. The normalized spacial score (nSPS) is 21.2. The SMILES string of the molecule is CCCCC(NCC1COCCO1)c1ccccc1. The molecule has 3 nitrogen and oxygen atoms in total. The molecule has 1 aromatic rings. The molecule has 1 aromatic carbocycles. The van der Waals surface area contributed by atoms with Crippen molar-refractivity contribution in [1.29, 1.82) is 0 Å². The number of benzene rings is 1. The Labute approximate surface area is 116 Å². The van der Waals surface area contributed by atoms with Gasteiger partial charge in [-0.05, 0) is 12.0 Å². The van der Waals surface area contributed by atoms with Crippen LogP contribution in [0.3, 0.4) is 0 Å². The van der Waals surface area contributed by atoms with Crippen molar-refractivity contribution in [2.24, 2.45) is 0 Å². The van der Waals surface area contributed by atoms with Crippen molar-refractivity contribution in [2.45, 2.75) is 38.3 Å². The van der Waals surface area contributed by atoms with Crippen LogP contribution >= 0.6 is 0 Å². The molecule has 0 saturated carbocycles. The molecule has 3 heteroatoms. The summed E-state index contributed by atoms with van der Waals surface area (Å²) in [6.45, 7) is 5.26. The van der Waals surface area contributed by atoms with Gasteiger partial charge in [-0.25, -0.2) is 0 Å². The summed E-state index contributed by atoms with van der Waals surface area (Å²) < 4.78 is 11.1. The Morgan fingerprint density at radius 2 is 2.11 bits per heavy atom. The molecule has 0 bridgehead atoms. The van der Waals surface area contributed by atoms with Gasteiger partial charge in [0.2, 0.25) is 0 Å². The minimum atomic E-state index is 0.196. The van der Waals surface area contributed by atoms with Crippen molar-refractivity contribution in [3.8, 4) is 0 Å². The van der Waals surface area contributed by atoms with Gasteiger partial charge >= 0.3 is 0 Å². The first-order valence-electron chi connectivity index (χ1n) is 7.38. The third-order valence-corrected chi connectivity index (χ3v) is 3.53. The van der Waals surface area contributed by atoms with Crippen molar-refractivity contribution in [3.05, 3.63) is 35.9 Å². The first-order valence-corrected chi connectivity index (χ1v) is 7.38. The van der Waals surface area contributed by atoms with Crippen LogP contribution in [0.25, 0.3) is 0 Å². The summed E-state index contributed by atoms with van der Waals surface area (Å²) in [5, 5.41) is 3.64. The Kier molecular flexibility index (Phi) is 6.34. The number of unbranched alkanes of at least 4 members (excludes halogenated alkanes) is 1. The second-order valence-electron chi connectivity index (χ2n) is 5.08. The predicted molar refractivity (Wildman–Crippen MR) is 77.3 cm³/mol. The largest absolute Gasteiger partial charge is 0.376 e. The average molecular weight is 263 g/mol. The Bertz CT molecular complexity index is 336. The maximum Gasteiger partial charge on any atom is 0.0933 e. The second-order valence-corrected chi connectivity index (χ2v) is 5.08. The summed E-state index contributed by atoms with van der Waals surface area (Å²) in [7, 11) is 0. The van der Waals surface area contributed by atoms with Crippen LogP contribution in [0.2, 0.25) is 0 Å². The van der Waals surface area contributed by atoms with Crippen LogP contribution < -0.4 is 5.32 Å². The maximum absolute atomic E-state index is 5.68. The molecule has 2 atom stereocenters. The fourth-order valence-corrected chi connectivity index (χ4v) is 2.41. The van der Waals surface area contributed by atoms with E-state index in [1.807, 2.05) is 0 Å². The van der Waals surface area contributed by atoms with E-state index in [4.69, 9.17) is 9.47 Å². The molecule has 1 heterocycles. The predicted octanol–water partition coefficient (Wildman–Crippen LogP) is 2.92. The van der Waals surface area contributed by atoms with Crippen LogP contribution in [-0.2, 0) is 9.47 Å². The van der Waals surface area contributed by atoms with Gasteiger partial charge in [0.15, 0.2) is 0 Å². The van der Waals surface area contributed by atoms with Gasteiger partial charge in [-0.15, -0.1) is 0 Å². The van der Waals surface area contributed by atoms with E-state index >= 15 is 0 Å². The number of hydrogen-bond acceptors (Lipinski definition) is 3. The molecule has 0 aliphatic carbocycles. The van der Waals surface area contributed by atoms with Gasteiger partial charge in [0.1, 0.15) is 0 Å². The van der Waals surface area contributed by atoms with Gasteiger partial charge in [0, 0.05) is 12.6 Å². The average Bonchev–Trinajstić information content (AvgIpc) is 2.49. The molecule has 2 unspecified atom stereocenters. The monoisotopic (exact) mass is 263 g/mol. The third-order valence-electron chi connectivity index (χ3n) is 3.53. The molecule has 1 aliphatic heterocycles. The molecule has 1 N–H and O–H groups in total. The molecule has 2 rings (SSSR count). The third kappa shape index (κ3) is 4.94. The van der Waals surface area contributed by atoms with Crippen LogP contribution in [0.4, 0.5) is 0 Å². The topological polar surface area (TPSA) is 30.5 Å². The molecule has 1 fully saturated rings. The van der Waals surface area contributed by atoms with Crippen LogP contribution in [0.1, 0.15) is 37.8 Å². The van der Waals surface area contributed by atoms with Gasteiger partial charge in [0.05, 0.1) is 25.9 Å². The van der Waals surface area contributed by atoms with E-state index in [1.54, 1.807) is 0 Å². The number of nitrogens with one attached hydrogen (secondary N) is 1. The maximum atomic E-state index is 5.68. The zero-order chi connectivity index (χ0) is 13.3. The summed E-state index contributed by atoms with van der Waals surface area (Å²) in [5.74, 6) is 0. The molecule has 1 aliphatic rings.